The number of rotatable bonds is 10. The van der Waals surface area contributed by atoms with Crippen molar-refractivity contribution in [3.8, 4) is 22.6 Å². The smallest absolute Gasteiger partial charge is 0.305 e. The number of Topliss-reactive ketones (excluding diaryl/α,β-unsaturated/α-hetero) is 1. The van der Waals surface area contributed by atoms with Gasteiger partial charge in [-0.3, -0.25) is 14.4 Å². The summed E-state index contributed by atoms with van der Waals surface area (Å²) in [5.74, 6) is 0.284. The van der Waals surface area contributed by atoms with E-state index in [0.29, 0.717) is 16.5 Å². The number of fused-ring (bicyclic) bond motifs is 3. The van der Waals surface area contributed by atoms with Gasteiger partial charge in [0.25, 0.3) is 0 Å². The molecule has 4 rings (SSSR count). The summed E-state index contributed by atoms with van der Waals surface area (Å²) >= 11 is 8.12. The molecule has 1 aliphatic heterocycles. The van der Waals surface area contributed by atoms with Crippen LogP contribution in [-0.2, 0) is 19.1 Å². The molecule has 3 aromatic rings. The number of hydrogen-bond donors (Lipinski definition) is 1. The second kappa shape index (κ2) is 13.0. The fourth-order valence-corrected chi connectivity index (χ4v) is 6.50. The molecule has 1 heterocycles. The van der Waals surface area contributed by atoms with E-state index in [-0.39, 0.29) is 48.0 Å². The van der Waals surface area contributed by atoms with Gasteiger partial charge in [0.05, 0.1) is 39.5 Å². The average molecular weight is 568 g/mol. The lowest BCUT2D eigenvalue weighted by Gasteiger charge is -2.24. The molecule has 7 nitrogen and oxygen atoms in total. The van der Waals surface area contributed by atoms with Gasteiger partial charge in [-0.15, -0.1) is 11.8 Å². The Morgan fingerprint density at radius 1 is 0.872 bits per heavy atom. The highest BCUT2D eigenvalue weighted by Gasteiger charge is 2.33. The monoisotopic (exact) mass is 567 g/mol. The minimum atomic E-state index is -0.458. The van der Waals surface area contributed by atoms with Crippen molar-refractivity contribution >= 4 is 41.0 Å². The van der Waals surface area contributed by atoms with Crippen LogP contribution in [0.15, 0.2) is 60.7 Å². The average Bonchev–Trinajstić information content (AvgIpc) is 3.08. The molecule has 39 heavy (non-hydrogen) atoms. The fraction of sp³-hybridized carbons (Fsp3) is 0.300. The van der Waals surface area contributed by atoms with Gasteiger partial charge in [-0.05, 0) is 40.5 Å². The molecule has 0 bridgehead atoms. The van der Waals surface area contributed by atoms with E-state index in [1.54, 1.807) is 26.0 Å². The van der Waals surface area contributed by atoms with Crippen LogP contribution < -0.4 is 14.8 Å². The Bertz CT molecular complexity index is 1380. The number of para-hydroxylation sites is 1. The first kappa shape index (κ1) is 28.5. The zero-order chi connectivity index (χ0) is 27.9. The molecule has 9 heteroatoms. The Balaban J connectivity index is 1.68. The van der Waals surface area contributed by atoms with E-state index < -0.39 is 5.97 Å². The van der Waals surface area contributed by atoms with Gasteiger partial charge in [-0.25, -0.2) is 0 Å². The van der Waals surface area contributed by atoms with Crippen LogP contribution in [0, 0.1) is 0 Å². The second-order valence-corrected chi connectivity index (χ2v) is 10.8. The Morgan fingerprint density at radius 3 is 2.36 bits per heavy atom. The molecule has 0 saturated heterocycles. The van der Waals surface area contributed by atoms with Crippen LogP contribution in [0.25, 0.3) is 11.1 Å². The molecular weight excluding hydrogens is 538 g/mol. The maximum Gasteiger partial charge on any atom is 0.305 e. The zero-order valence-corrected chi connectivity index (χ0v) is 23.6. The molecule has 0 saturated carbocycles. The lowest BCUT2D eigenvalue weighted by molar-refractivity contribution is -0.141. The van der Waals surface area contributed by atoms with Crippen LogP contribution >= 0.6 is 23.4 Å². The van der Waals surface area contributed by atoms with Gasteiger partial charge in [0.1, 0.15) is 0 Å². The topological polar surface area (TPSA) is 90.9 Å². The molecule has 0 aromatic heterocycles. The van der Waals surface area contributed by atoms with Gasteiger partial charge in [0.15, 0.2) is 17.3 Å². The van der Waals surface area contributed by atoms with E-state index in [4.69, 9.17) is 21.1 Å². The molecule has 0 aliphatic carbocycles. The Kier molecular flexibility index (Phi) is 9.54. The summed E-state index contributed by atoms with van der Waals surface area (Å²) in [7, 11) is 4.48. The first-order valence-corrected chi connectivity index (χ1v) is 13.8. The Labute approximate surface area is 237 Å². The van der Waals surface area contributed by atoms with Crippen molar-refractivity contribution in [2.45, 2.75) is 29.8 Å². The molecule has 1 amide bonds. The largest absolute Gasteiger partial charge is 0.493 e. The number of ether oxygens (including phenoxy) is 3. The van der Waals surface area contributed by atoms with E-state index >= 15 is 0 Å². The molecule has 1 aliphatic rings. The van der Waals surface area contributed by atoms with Gasteiger partial charge in [0, 0.05) is 28.7 Å². The minimum absolute atomic E-state index is 0.0120. The quantitative estimate of drug-likeness (QED) is 0.304. The summed E-state index contributed by atoms with van der Waals surface area (Å²) < 4.78 is 15.9. The maximum absolute atomic E-state index is 13.1. The molecule has 0 spiro atoms. The maximum atomic E-state index is 13.1. The van der Waals surface area contributed by atoms with Crippen molar-refractivity contribution in [2.75, 3.05) is 27.9 Å². The van der Waals surface area contributed by atoms with Gasteiger partial charge in [-0.2, -0.15) is 0 Å². The number of esters is 1. The van der Waals surface area contributed by atoms with E-state index in [9.17, 15) is 14.4 Å². The Hall–Kier alpha value is -3.49. The van der Waals surface area contributed by atoms with E-state index in [1.807, 2.05) is 54.6 Å². The predicted octanol–water partition coefficient (Wildman–Crippen LogP) is 5.93. The van der Waals surface area contributed by atoms with Crippen LogP contribution in [-0.4, -0.2) is 45.5 Å². The van der Waals surface area contributed by atoms with E-state index in [1.165, 1.54) is 7.11 Å². The number of carbonyl (C=O) groups is 3. The summed E-state index contributed by atoms with van der Waals surface area (Å²) in [5.41, 5.74) is 4.97. The van der Waals surface area contributed by atoms with Crippen molar-refractivity contribution in [1.29, 1.82) is 0 Å². The number of nitrogens with one attached hydrogen (secondary N) is 1. The predicted molar refractivity (Wildman–Crippen MR) is 152 cm³/mol. The third-order valence-electron chi connectivity index (χ3n) is 6.60. The number of ketones is 1. The number of carbonyl (C=O) groups excluding carboxylic acids is 3. The van der Waals surface area contributed by atoms with Crippen molar-refractivity contribution in [3.05, 3.63) is 82.4 Å². The van der Waals surface area contributed by atoms with Gasteiger partial charge < -0.3 is 19.5 Å². The highest BCUT2D eigenvalue weighted by Crippen LogP contribution is 2.56. The highest BCUT2D eigenvalue weighted by molar-refractivity contribution is 8.00. The molecule has 0 radical (unpaired) electrons. The standard InChI is InChI=1S/C30H30ClNO6S/c1-36-25-10-6-9-23(29(25)38-3)30-24-15-18(31)11-13-21(24)20-7-4-5-8-22(20)26(39-30)16-27(34)32-17-19(33)12-14-28(35)37-2/h4-11,13,15,26,30H,12,14,16-17H2,1-3H3,(H,32,34). The molecule has 1 N–H and O–H groups in total. The lowest BCUT2D eigenvalue weighted by Crippen LogP contribution is -2.30. The summed E-state index contributed by atoms with van der Waals surface area (Å²) in [5, 5.41) is 2.88. The number of methoxy groups -OCH3 is 3. The number of halogens is 1. The van der Waals surface area contributed by atoms with Crippen LogP contribution in [0.1, 0.15) is 46.5 Å². The number of thioether (sulfide) groups is 1. The number of hydrogen-bond acceptors (Lipinski definition) is 7. The number of benzene rings is 3. The van der Waals surface area contributed by atoms with Crippen LogP contribution in [0.5, 0.6) is 11.5 Å². The fourth-order valence-electron chi connectivity index (χ4n) is 4.72. The zero-order valence-electron chi connectivity index (χ0n) is 22.0. The summed E-state index contributed by atoms with van der Waals surface area (Å²) in [6, 6.07) is 19.6. The molecule has 2 unspecified atom stereocenters. The third kappa shape index (κ3) is 6.57. The highest BCUT2D eigenvalue weighted by atomic mass is 35.5. The van der Waals surface area contributed by atoms with Crippen molar-refractivity contribution < 1.29 is 28.6 Å². The Morgan fingerprint density at radius 2 is 1.62 bits per heavy atom. The summed E-state index contributed by atoms with van der Waals surface area (Å²) in [4.78, 5) is 36.6. The van der Waals surface area contributed by atoms with Crippen LogP contribution in [0.4, 0.5) is 0 Å². The van der Waals surface area contributed by atoms with E-state index in [0.717, 1.165) is 27.8 Å². The van der Waals surface area contributed by atoms with Crippen molar-refractivity contribution in [2.24, 2.45) is 0 Å². The third-order valence-corrected chi connectivity index (χ3v) is 8.36. The minimum Gasteiger partial charge on any atom is -0.493 e. The summed E-state index contributed by atoms with van der Waals surface area (Å²) in [6.07, 6.45) is 0.153. The molecule has 0 fully saturated rings. The van der Waals surface area contributed by atoms with Crippen LogP contribution in [0.2, 0.25) is 5.02 Å². The van der Waals surface area contributed by atoms with Crippen molar-refractivity contribution in [3.63, 3.8) is 0 Å². The molecule has 204 valence electrons. The molecule has 3 aromatic carbocycles. The first-order chi connectivity index (χ1) is 18.9. The first-order valence-electron chi connectivity index (χ1n) is 12.5. The van der Waals surface area contributed by atoms with Crippen LogP contribution in [0.3, 0.4) is 0 Å². The van der Waals surface area contributed by atoms with Gasteiger partial charge in [-0.1, -0.05) is 54.1 Å². The second-order valence-electron chi connectivity index (χ2n) is 9.00. The summed E-state index contributed by atoms with van der Waals surface area (Å²) in [6.45, 7) is -0.141. The van der Waals surface area contributed by atoms with Crippen molar-refractivity contribution in [1.82, 2.24) is 5.32 Å². The SMILES string of the molecule is COC(=O)CCC(=O)CNC(=O)CC1SC(c2cccc(OC)c2OC)c2cc(Cl)ccc2-c2ccccc21. The number of amides is 1. The van der Waals surface area contributed by atoms with Gasteiger partial charge in [0.2, 0.25) is 5.91 Å². The lowest BCUT2D eigenvalue weighted by atomic mass is 9.90. The van der Waals surface area contributed by atoms with Gasteiger partial charge >= 0.3 is 5.97 Å². The molecule has 2 atom stereocenters. The van der Waals surface area contributed by atoms with E-state index in [2.05, 4.69) is 16.1 Å². The molecular formula is C30H30ClNO6S. The normalized spacial score (nSPS) is 15.8.